The summed E-state index contributed by atoms with van der Waals surface area (Å²) >= 11 is 0. The van der Waals surface area contributed by atoms with Crippen molar-refractivity contribution in [3.63, 3.8) is 0 Å². The summed E-state index contributed by atoms with van der Waals surface area (Å²) in [7, 11) is 0. The summed E-state index contributed by atoms with van der Waals surface area (Å²) < 4.78 is 0. The Morgan fingerprint density at radius 3 is 2.48 bits per heavy atom. The number of hydrogen-bond donors (Lipinski definition) is 2. The van der Waals surface area contributed by atoms with Crippen molar-refractivity contribution in [3.05, 3.63) is 59.2 Å². The number of ketones is 1. The van der Waals surface area contributed by atoms with E-state index in [4.69, 9.17) is 0 Å². The van der Waals surface area contributed by atoms with Gasteiger partial charge in [-0.05, 0) is 61.4 Å². The molecule has 2 aromatic rings. The SMILES string of the molecule is CC(=O)c1ccc(NC(=O)c2ccc3c(c2)CCN3)cc1. The Kier molecular flexibility index (Phi) is 3.44. The average molecular weight is 280 g/mol. The number of amides is 1. The topological polar surface area (TPSA) is 58.2 Å². The highest BCUT2D eigenvalue weighted by Gasteiger charge is 2.13. The van der Waals surface area contributed by atoms with Crippen LogP contribution >= 0.6 is 0 Å². The van der Waals surface area contributed by atoms with Gasteiger partial charge in [0.2, 0.25) is 0 Å². The predicted octanol–water partition coefficient (Wildman–Crippen LogP) is 3.11. The van der Waals surface area contributed by atoms with Crippen molar-refractivity contribution < 1.29 is 9.59 Å². The second kappa shape index (κ2) is 5.40. The molecule has 4 nitrogen and oxygen atoms in total. The molecule has 0 bridgehead atoms. The van der Waals surface area contributed by atoms with Gasteiger partial charge < -0.3 is 10.6 Å². The maximum Gasteiger partial charge on any atom is 0.255 e. The Bertz CT molecular complexity index is 705. The molecule has 106 valence electrons. The summed E-state index contributed by atoms with van der Waals surface area (Å²) in [6.07, 6.45) is 0.948. The third-order valence-corrected chi connectivity index (χ3v) is 3.63. The minimum atomic E-state index is -0.139. The lowest BCUT2D eigenvalue weighted by Gasteiger charge is -2.07. The molecule has 0 saturated carbocycles. The summed E-state index contributed by atoms with van der Waals surface area (Å²) in [5, 5.41) is 6.11. The van der Waals surface area contributed by atoms with E-state index in [-0.39, 0.29) is 11.7 Å². The monoisotopic (exact) mass is 280 g/mol. The van der Waals surface area contributed by atoms with Crippen molar-refractivity contribution in [2.24, 2.45) is 0 Å². The van der Waals surface area contributed by atoms with Gasteiger partial charge >= 0.3 is 0 Å². The minimum Gasteiger partial charge on any atom is -0.384 e. The van der Waals surface area contributed by atoms with Crippen LogP contribution in [0.2, 0.25) is 0 Å². The molecule has 2 aromatic carbocycles. The Morgan fingerprint density at radius 2 is 1.76 bits per heavy atom. The van der Waals surface area contributed by atoms with Crippen LogP contribution in [0.25, 0.3) is 0 Å². The number of rotatable bonds is 3. The summed E-state index contributed by atoms with van der Waals surface area (Å²) in [5.41, 5.74) is 4.25. The van der Waals surface area contributed by atoms with Gasteiger partial charge in [0.05, 0.1) is 0 Å². The van der Waals surface area contributed by atoms with Gasteiger partial charge in [0.1, 0.15) is 0 Å². The molecule has 3 rings (SSSR count). The second-order valence-corrected chi connectivity index (χ2v) is 5.14. The van der Waals surface area contributed by atoms with Gasteiger partial charge in [-0.3, -0.25) is 9.59 Å². The second-order valence-electron chi connectivity index (χ2n) is 5.14. The molecule has 2 N–H and O–H groups in total. The number of carbonyl (C=O) groups excluding carboxylic acids is 2. The van der Waals surface area contributed by atoms with E-state index in [1.165, 1.54) is 12.5 Å². The highest BCUT2D eigenvalue weighted by molar-refractivity contribution is 6.05. The van der Waals surface area contributed by atoms with Crippen molar-refractivity contribution in [1.29, 1.82) is 0 Å². The van der Waals surface area contributed by atoms with Gasteiger partial charge in [0, 0.05) is 29.0 Å². The van der Waals surface area contributed by atoms with Gasteiger partial charge in [0.25, 0.3) is 5.91 Å². The first kappa shape index (κ1) is 13.4. The van der Waals surface area contributed by atoms with Crippen LogP contribution in [0.5, 0.6) is 0 Å². The maximum atomic E-state index is 12.2. The molecular weight excluding hydrogens is 264 g/mol. The van der Waals surface area contributed by atoms with Crippen molar-refractivity contribution in [3.8, 4) is 0 Å². The summed E-state index contributed by atoms with van der Waals surface area (Å²) in [5.74, 6) is -0.126. The van der Waals surface area contributed by atoms with Gasteiger partial charge in [-0.1, -0.05) is 0 Å². The molecule has 0 unspecified atom stereocenters. The highest BCUT2D eigenvalue weighted by atomic mass is 16.1. The molecule has 0 saturated heterocycles. The van der Waals surface area contributed by atoms with Crippen LogP contribution in [0.1, 0.15) is 33.2 Å². The van der Waals surface area contributed by atoms with E-state index in [0.29, 0.717) is 16.8 Å². The van der Waals surface area contributed by atoms with E-state index in [9.17, 15) is 9.59 Å². The number of fused-ring (bicyclic) bond motifs is 1. The van der Waals surface area contributed by atoms with Gasteiger partial charge in [-0.15, -0.1) is 0 Å². The van der Waals surface area contributed by atoms with E-state index in [0.717, 1.165) is 18.7 Å². The van der Waals surface area contributed by atoms with Crippen molar-refractivity contribution >= 4 is 23.1 Å². The predicted molar refractivity (Wildman–Crippen MR) is 83.0 cm³/mol. The molecule has 1 heterocycles. The molecule has 4 heteroatoms. The number of benzene rings is 2. The molecule has 0 spiro atoms. The molecular formula is C17H16N2O2. The first-order valence-electron chi connectivity index (χ1n) is 6.92. The van der Waals surface area contributed by atoms with Gasteiger partial charge in [-0.25, -0.2) is 0 Å². The molecule has 0 fully saturated rings. The van der Waals surface area contributed by atoms with E-state index >= 15 is 0 Å². The van der Waals surface area contributed by atoms with Crippen LogP contribution in [-0.4, -0.2) is 18.2 Å². The summed E-state index contributed by atoms with van der Waals surface area (Å²) in [4.78, 5) is 23.4. The highest BCUT2D eigenvalue weighted by Crippen LogP contribution is 2.23. The maximum absolute atomic E-state index is 12.2. The molecule has 0 aliphatic carbocycles. The molecule has 21 heavy (non-hydrogen) atoms. The lowest BCUT2D eigenvalue weighted by Crippen LogP contribution is -2.12. The Hall–Kier alpha value is -2.62. The van der Waals surface area contributed by atoms with Gasteiger partial charge in [-0.2, -0.15) is 0 Å². The van der Waals surface area contributed by atoms with Crippen molar-refractivity contribution in [2.45, 2.75) is 13.3 Å². The normalized spacial score (nSPS) is 12.4. The van der Waals surface area contributed by atoms with E-state index in [2.05, 4.69) is 10.6 Å². The number of hydrogen-bond acceptors (Lipinski definition) is 3. The van der Waals surface area contributed by atoms with Crippen molar-refractivity contribution in [1.82, 2.24) is 0 Å². The van der Waals surface area contributed by atoms with E-state index in [1.54, 1.807) is 24.3 Å². The van der Waals surface area contributed by atoms with Crippen LogP contribution in [0.4, 0.5) is 11.4 Å². The van der Waals surface area contributed by atoms with Crippen LogP contribution < -0.4 is 10.6 Å². The molecule has 1 aliphatic heterocycles. The zero-order valence-corrected chi connectivity index (χ0v) is 11.8. The van der Waals surface area contributed by atoms with E-state index < -0.39 is 0 Å². The van der Waals surface area contributed by atoms with Crippen molar-refractivity contribution in [2.75, 3.05) is 17.2 Å². The number of Topliss-reactive ketones (excluding diaryl/α,β-unsaturated/α-hetero) is 1. The Morgan fingerprint density at radius 1 is 1.05 bits per heavy atom. The molecule has 0 aromatic heterocycles. The first-order valence-corrected chi connectivity index (χ1v) is 6.92. The van der Waals surface area contributed by atoms with Crippen LogP contribution in [0.15, 0.2) is 42.5 Å². The number of nitrogens with one attached hydrogen (secondary N) is 2. The third kappa shape index (κ3) is 2.79. The van der Waals surface area contributed by atoms with E-state index in [1.807, 2.05) is 18.2 Å². The quantitative estimate of drug-likeness (QED) is 0.849. The smallest absolute Gasteiger partial charge is 0.255 e. The summed E-state index contributed by atoms with van der Waals surface area (Å²) in [6.45, 7) is 2.44. The fourth-order valence-electron chi connectivity index (χ4n) is 2.44. The largest absolute Gasteiger partial charge is 0.384 e. The molecule has 1 aliphatic rings. The molecule has 1 amide bonds. The summed E-state index contributed by atoms with van der Waals surface area (Å²) in [6, 6.07) is 12.6. The number of anilines is 2. The van der Waals surface area contributed by atoms with Crippen LogP contribution in [-0.2, 0) is 6.42 Å². The lowest BCUT2D eigenvalue weighted by atomic mass is 10.1. The minimum absolute atomic E-state index is 0.0130. The van der Waals surface area contributed by atoms with Crippen LogP contribution in [0, 0.1) is 0 Å². The fourth-order valence-corrected chi connectivity index (χ4v) is 2.44. The Labute approximate surface area is 123 Å². The van der Waals surface area contributed by atoms with Gasteiger partial charge in [0.15, 0.2) is 5.78 Å². The standard InChI is InChI=1S/C17H16N2O2/c1-11(20)12-2-5-15(6-3-12)19-17(21)14-4-7-16-13(10-14)8-9-18-16/h2-7,10,18H,8-9H2,1H3,(H,19,21). The molecule has 0 atom stereocenters. The fraction of sp³-hybridized carbons (Fsp3) is 0.176. The first-order chi connectivity index (χ1) is 10.1. The zero-order valence-electron chi connectivity index (χ0n) is 11.8. The number of carbonyl (C=O) groups is 2. The third-order valence-electron chi connectivity index (χ3n) is 3.63. The lowest BCUT2D eigenvalue weighted by molar-refractivity contribution is 0.101. The van der Waals surface area contributed by atoms with Crippen LogP contribution in [0.3, 0.4) is 0 Å². The average Bonchev–Trinajstić information content (AvgIpc) is 2.95. The zero-order chi connectivity index (χ0) is 14.8. The Balaban J connectivity index is 1.75. The molecule has 0 radical (unpaired) electrons.